The van der Waals surface area contributed by atoms with Gasteiger partial charge < -0.3 is 9.47 Å². The van der Waals surface area contributed by atoms with Gasteiger partial charge in [-0.25, -0.2) is 0 Å². The fourth-order valence-corrected chi connectivity index (χ4v) is 3.03. The maximum absolute atomic E-state index is 12.2. The Morgan fingerprint density at radius 3 is 2.25 bits per heavy atom. The molecule has 20 heavy (non-hydrogen) atoms. The van der Waals surface area contributed by atoms with Crippen molar-refractivity contribution in [1.29, 1.82) is 0 Å². The number of carbonyl (C=O) groups excluding carboxylic acids is 2. The minimum atomic E-state index is -1.26. The standard InChI is InChI=1S/C15H19BrO4/c1-9-7-11(16)6-5-10(9)8-15(4)12(17)19-14(2,3)20-13(15)18/h5-6,9H,7-8H2,1-4H3. The Balaban J connectivity index is 2.24. The minimum Gasteiger partial charge on any atom is -0.422 e. The number of rotatable bonds is 2. The fourth-order valence-electron chi connectivity index (χ4n) is 2.42. The number of esters is 2. The predicted octanol–water partition coefficient (Wildman–Crippen LogP) is 3.46. The van der Waals surface area contributed by atoms with E-state index in [0.717, 1.165) is 16.5 Å². The van der Waals surface area contributed by atoms with Gasteiger partial charge >= 0.3 is 11.9 Å². The normalized spacial score (nSPS) is 28.1. The van der Waals surface area contributed by atoms with E-state index in [2.05, 4.69) is 22.9 Å². The summed E-state index contributed by atoms with van der Waals surface area (Å²) in [4.78, 5) is 24.4. The molecule has 0 spiro atoms. The topological polar surface area (TPSA) is 52.6 Å². The Bertz CT molecular complexity index is 496. The van der Waals surface area contributed by atoms with Crippen molar-refractivity contribution in [3.05, 3.63) is 22.2 Å². The second-order valence-electron chi connectivity index (χ2n) is 6.15. The van der Waals surface area contributed by atoms with E-state index in [0.29, 0.717) is 6.42 Å². The maximum Gasteiger partial charge on any atom is 0.326 e. The van der Waals surface area contributed by atoms with E-state index in [1.165, 1.54) is 0 Å². The van der Waals surface area contributed by atoms with Gasteiger partial charge in [-0.1, -0.05) is 40.6 Å². The van der Waals surface area contributed by atoms with Crippen LogP contribution in [0.4, 0.5) is 0 Å². The Labute approximate surface area is 127 Å². The number of hydrogen-bond donors (Lipinski definition) is 0. The second kappa shape index (κ2) is 5.02. The van der Waals surface area contributed by atoms with Crippen molar-refractivity contribution >= 4 is 27.9 Å². The first kappa shape index (κ1) is 15.3. The van der Waals surface area contributed by atoms with E-state index >= 15 is 0 Å². The van der Waals surface area contributed by atoms with Gasteiger partial charge in [0.1, 0.15) is 0 Å². The Hall–Kier alpha value is -1.10. The molecule has 1 aliphatic carbocycles. The number of hydrogen-bond acceptors (Lipinski definition) is 4. The van der Waals surface area contributed by atoms with Gasteiger partial charge in [-0.05, 0) is 30.2 Å². The van der Waals surface area contributed by atoms with E-state index < -0.39 is 23.1 Å². The van der Waals surface area contributed by atoms with Gasteiger partial charge in [0.15, 0.2) is 5.41 Å². The molecule has 0 bridgehead atoms. The van der Waals surface area contributed by atoms with Crippen LogP contribution in [0.1, 0.15) is 40.5 Å². The molecule has 110 valence electrons. The summed E-state index contributed by atoms with van der Waals surface area (Å²) in [5, 5.41) is 0. The van der Waals surface area contributed by atoms with Crippen molar-refractivity contribution in [3.63, 3.8) is 0 Å². The van der Waals surface area contributed by atoms with Crippen LogP contribution in [-0.4, -0.2) is 17.7 Å². The summed E-state index contributed by atoms with van der Waals surface area (Å²) in [7, 11) is 0. The molecule has 1 saturated heterocycles. The summed E-state index contributed by atoms with van der Waals surface area (Å²) in [5.74, 6) is -1.92. The van der Waals surface area contributed by atoms with Crippen LogP contribution < -0.4 is 0 Å². The third kappa shape index (κ3) is 2.82. The second-order valence-corrected chi connectivity index (χ2v) is 7.17. The highest BCUT2D eigenvalue weighted by atomic mass is 79.9. The molecule has 0 aromatic rings. The van der Waals surface area contributed by atoms with Gasteiger partial charge in [0.05, 0.1) is 0 Å². The summed E-state index contributed by atoms with van der Waals surface area (Å²) in [6, 6.07) is 0. The number of allylic oxidation sites excluding steroid dienone is 4. The molecule has 0 aromatic heterocycles. The van der Waals surface area contributed by atoms with Crippen molar-refractivity contribution in [3.8, 4) is 0 Å². The van der Waals surface area contributed by atoms with Gasteiger partial charge in [0.25, 0.3) is 5.79 Å². The van der Waals surface area contributed by atoms with E-state index in [-0.39, 0.29) is 5.92 Å². The molecular weight excluding hydrogens is 324 g/mol. The molecule has 0 aromatic carbocycles. The summed E-state index contributed by atoms with van der Waals surface area (Å²) in [6.45, 7) is 6.79. The van der Waals surface area contributed by atoms with Crippen LogP contribution in [-0.2, 0) is 19.1 Å². The van der Waals surface area contributed by atoms with Crippen LogP contribution in [0.25, 0.3) is 0 Å². The Kier molecular flexibility index (Phi) is 3.84. The molecule has 0 N–H and O–H groups in total. The molecule has 2 aliphatic rings. The van der Waals surface area contributed by atoms with Crippen molar-refractivity contribution in [2.24, 2.45) is 11.3 Å². The van der Waals surface area contributed by atoms with E-state index in [9.17, 15) is 9.59 Å². The summed E-state index contributed by atoms with van der Waals surface area (Å²) in [5.41, 5.74) is -0.197. The number of halogens is 1. The van der Waals surface area contributed by atoms with Crippen molar-refractivity contribution in [2.45, 2.75) is 46.3 Å². The molecule has 1 unspecified atom stereocenters. The summed E-state index contributed by atoms with van der Waals surface area (Å²) < 4.78 is 11.6. The molecule has 1 heterocycles. The van der Waals surface area contributed by atoms with Gasteiger partial charge in [-0.3, -0.25) is 9.59 Å². The van der Waals surface area contributed by atoms with Crippen molar-refractivity contribution in [2.75, 3.05) is 0 Å². The highest BCUT2D eigenvalue weighted by Gasteiger charge is 2.53. The van der Waals surface area contributed by atoms with Gasteiger partial charge in [-0.2, -0.15) is 0 Å². The quantitative estimate of drug-likeness (QED) is 0.569. The zero-order valence-corrected chi connectivity index (χ0v) is 13.7. The zero-order valence-electron chi connectivity index (χ0n) is 12.2. The largest absolute Gasteiger partial charge is 0.422 e. The molecule has 1 aliphatic heterocycles. The SMILES string of the molecule is CC1CC(Br)=CC=C1CC1(C)C(=O)OC(C)(C)OC1=O. The predicted molar refractivity (Wildman–Crippen MR) is 77.9 cm³/mol. The van der Waals surface area contributed by atoms with Crippen molar-refractivity contribution < 1.29 is 19.1 Å². The van der Waals surface area contributed by atoms with Crippen LogP contribution in [0.5, 0.6) is 0 Å². The van der Waals surface area contributed by atoms with Gasteiger partial charge in [0, 0.05) is 13.8 Å². The summed E-state index contributed by atoms with van der Waals surface area (Å²) >= 11 is 3.47. The Morgan fingerprint density at radius 1 is 1.20 bits per heavy atom. The first-order valence-corrected chi connectivity index (χ1v) is 7.45. The molecule has 1 atom stereocenters. The lowest BCUT2D eigenvalue weighted by molar-refractivity contribution is -0.249. The van der Waals surface area contributed by atoms with Crippen LogP contribution in [0.15, 0.2) is 22.2 Å². The lowest BCUT2D eigenvalue weighted by Gasteiger charge is -2.39. The third-order valence-corrected chi connectivity index (χ3v) is 4.34. The van der Waals surface area contributed by atoms with E-state index in [1.807, 2.05) is 12.2 Å². The van der Waals surface area contributed by atoms with Crippen LogP contribution in [0.2, 0.25) is 0 Å². The summed E-state index contributed by atoms with van der Waals surface area (Å²) in [6.07, 6.45) is 5.13. The van der Waals surface area contributed by atoms with E-state index in [1.54, 1.807) is 20.8 Å². The third-order valence-electron chi connectivity index (χ3n) is 3.75. The molecular formula is C15H19BrO4. The molecule has 0 saturated carbocycles. The molecule has 4 nitrogen and oxygen atoms in total. The highest BCUT2D eigenvalue weighted by molar-refractivity contribution is 9.11. The first-order chi connectivity index (χ1) is 9.14. The lowest BCUT2D eigenvalue weighted by atomic mass is 9.77. The average Bonchev–Trinajstić information content (AvgIpc) is 2.29. The average molecular weight is 343 g/mol. The number of ether oxygens (including phenoxy) is 2. The number of cyclic esters (lactones) is 2. The smallest absolute Gasteiger partial charge is 0.326 e. The van der Waals surface area contributed by atoms with Crippen molar-refractivity contribution in [1.82, 2.24) is 0 Å². The molecule has 0 amide bonds. The molecule has 1 fully saturated rings. The lowest BCUT2D eigenvalue weighted by Crippen LogP contribution is -2.52. The van der Waals surface area contributed by atoms with Crippen LogP contribution in [0.3, 0.4) is 0 Å². The van der Waals surface area contributed by atoms with Gasteiger partial charge in [-0.15, -0.1) is 0 Å². The minimum absolute atomic E-state index is 0.279. The van der Waals surface area contributed by atoms with Crippen LogP contribution in [0, 0.1) is 11.3 Å². The highest BCUT2D eigenvalue weighted by Crippen LogP contribution is 2.41. The first-order valence-electron chi connectivity index (χ1n) is 6.66. The van der Waals surface area contributed by atoms with Gasteiger partial charge in [0.2, 0.25) is 0 Å². The molecule has 0 radical (unpaired) electrons. The Morgan fingerprint density at radius 2 is 1.75 bits per heavy atom. The molecule has 5 heteroatoms. The maximum atomic E-state index is 12.2. The van der Waals surface area contributed by atoms with E-state index in [4.69, 9.17) is 9.47 Å². The fraction of sp³-hybridized carbons (Fsp3) is 0.600. The molecule has 2 rings (SSSR count). The monoisotopic (exact) mass is 342 g/mol. The zero-order chi connectivity index (χ0) is 15.1. The number of carbonyl (C=O) groups is 2. The van der Waals surface area contributed by atoms with Crippen LogP contribution >= 0.6 is 15.9 Å².